The van der Waals surface area contributed by atoms with Gasteiger partial charge >= 0.3 is 5.97 Å². The average Bonchev–Trinajstić information content (AvgIpc) is 2.59. The van der Waals surface area contributed by atoms with Gasteiger partial charge in [0.2, 0.25) is 0 Å². The number of ether oxygens (including phenoxy) is 3. The van der Waals surface area contributed by atoms with Gasteiger partial charge in [0.15, 0.2) is 11.5 Å². The second-order valence-electron chi connectivity index (χ2n) is 5.17. The lowest BCUT2D eigenvalue weighted by molar-refractivity contribution is -0.138. The van der Waals surface area contributed by atoms with Crippen LogP contribution in [0.15, 0.2) is 36.4 Å². The van der Waals surface area contributed by atoms with Crippen LogP contribution >= 0.6 is 11.6 Å². The Morgan fingerprint density at radius 3 is 2.21 bits per heavy atom. The number of aliphatic carboxylic acids is 1. The van der Waals surface area contributed by atoms with E-state index in [2.05, 4.69) is 0 Å². The van der Waals surface area contributed by atoms with Crippen LogP contribution in [0.1, 0.15) is 17.0 Å². The number of hydrogen-bond donors (Lipinski definition) is 1. The third-order valence-corrected chi connectivity index (χ3v) is 4.01. The first-order chi connectivity index (χ1) is 11.5. The Bertz CT molecular complexity index is 729. The van der Waals surface area contributed by atoms with E-state index in [0.717, 1.165) is 5.56 Å². The average molecular weight is 351 g/mol. The summed E-state index contributed by atoms with van der Waals surface area (Å²) in [5.41, 5.74) is 1.34. The fourth-order valence-corrected chi connectivity index (χ4v) is 2.74. The summed E-state index contributed by atoms with van der Waals surface area (Å²) in [7, 11) is 4.58. The molecule has 1 N–H and O–H groups in total. The topological polar surface area (TPSA) is 65.0 Å². The molecule has 0 aliphatic heterocycles. The monoisotopic (exact) mass is 350 g/mol. The van der Waals surface area contributed by atoms with Crippen LogP contribution in [-0.2, 0) is 11.2 Å². The number of benzene rings is 2. The SMILES string of the molecule is COc1ccc(Cl)cc1CC(C(=O)O)c1ccc(OC)c(OC)c1. The minimum absolute atomic E-state index is 0.245. The number of carbonyl (C=O) groups is 1. The van der Waals surface area contributed by atoms with E-state index in [-0.39, 0.29) is 6.42 Å². The van der Waals surface area contributed by atoms with E-state index in [1.54, 1.807) is 43.5 Å². The normalized spacial score (nSPS) is 11.7. The van der Waals surface area contributed by atoms with E-state index in [9.17, 15) is 9.90 Å². The first kappa shape index (κ1) is 17.9. The number of halogens is 1. The van der Waals surface area contributed by atoms with Crippen LogP contribution < -0.4 is 14.2 Å². The Morgan fingerprint density at radius 2 is 1.62 bits per heavy atom. The van der Waals surface area contributed by atoms with Crippen molar-refractivity contribution in [2.45, 2.75) is 12.3 Å². The van der Waals surface area contributed by atoms with E-state index in [1.807, 2.05) is 0 Å². The van der Waals surface area contributed by atoms with Crippen molar-refractivity contribution in [2.75, 3.05) is 21.3 Å². The molecule has 0 aromatic heterocycles. The highest BCUT2D eigenvalue weighted by atomic mass is 35.5. The van der Waals surface area contributed by atoms with Crippen molar-refractivity contribution < 1.29 is 24.1 Å². The van der Waals surface area contributed by atoms with Gasteiger partial charge < -0.3 is 19.3 Å². The number of carboxylic acid groups (broad SMARTS) is 1. The van der Waals surface area contributed by atoms with Crippen LogP contribution in [0.2, 0.25) is 5.02 Å². The molecule has 0 radical (unpaired) electrons. The largest absolute Gasteiger partial charge is 0.496 e. The summed E-state index contributed by atoms with van der Waals surface area (Å²) in [6.07, 6.45) is 0.245. The number of hydrogen-bond acceptors (Lipinski definition) is 4. The van der Waals surface area contributed by atoms with Crippen molar-refractivity contribution in [1.29, 1.82) is 0 Å². The van der Waals surface area contributed by atoms with Gasteiger partial charge in [-0.15, -0.1) is 0 Å². The summed E-state index contributed by atoms with van der Waals surface area (Å²) in [5.74, 6) is -0.0717. The molecule has 0 saturated heterocycles. The van der Waals surface area contributed by atoms with Crippen molar-refractivity contribution in [1.82, 2.24) is 0 Å². The molecule has 0 heterocycles. The Kier molecular flexibility index (Phi) is 5.93. The van der Waals surface area contributed by atoms with Crippen LogP contribution in [-0.4, -0.2) is 32.4 Å². The predicted octanol–water partition coefficient (Wildman–Crippen LogP) is 3.78. The molecule has 2 aromatic rings. The third-order valence-electron chi connectivity index (χ3n) is 3.77. The third kappa shape index (κ3) is 3.92. The van der Waals surface area contributed by atoms with Crippen LogP contribution in [0, 0.1) is 0 Å². The molecule has 0 amide bonds. The maximum atomic E-state index is 11.8. The number of carboxylic acids is 1. The van der Waals surface area contributed by atoms with Gasteiger partial charge in [-0.1, -0.05) is 17.7 Å². The van der Waals surface area contributed by atoms with Gasteiger partial charge in [0, 0.05) is 5.02 Å². The molecule has 0 fully saturated rings. The van der Waals surface area contributed by atoms with E-state index < -0.39 is 11.9 Å². The highest BCUT2D eigenvalue weighted by molar-refractivity contribution is 6.30. The van der Waals surface area contributed by atoms with E-state index in [4.69, 9.17) is 25.8 Å². The fourth-order valence-electron chi connectivity index (χ4n) is 2.54. The van der Waals surface area contributed by atoms with Gasteiger partial charge in [0.25, 0.3) is 0 Å². The molecule has 1 atom stereocenters. The van der Waals surface area contributed by atoms with Crippen molar-refractivity contribution >= 4 is 17.6 Å². The fraction of sp³-hybridized carbons (Fsp3) is 0.278. The second kappa shape index (κ2) is 7.93. The summed E-state index contributed by atoms with van der Waals surface area (Å²) in [5, 5.41) is 10.2. The lowest BCUT2D eigenvalue weighted by Gasteiger charge is -2.17. The maximum Gasteiger partial charge on any atom is 0.311 e. The number of methoxy groups -OCH3 is 3. The highest BCUT2D eigenvalue weighted by Crippen LogP contribution is 2.34. The van der Waals surface area contributed by atoms with Crippen molar-refractivity contribution in [3.05, 3.63) is 52.5 Å². The molecule has 0 aliphatic carbocycles. The van der Waals surface area contributed by atoms with Crippen molar-refractivity contribution in [3.63, 3.8) is 0 Å². The Balaban J connectivity index is 2.41. The van der Waals surface area contributed by atoms with Gasteiger partial charge in [0.1, 0.15) is 5.75 Å². The number of rotatable bonds is 7. The van der Waals surface area contributed by atoms with Crippen LogP contribution in [0.4, 0.5) is 0 Å². The van der Waals surface area contributed by atoms with Crippen molar-refractivity contribution in [3.8, 4) is 17.2 Å². The zero-order chi connectivity index (χ0) is 17.7. The van der Waals surface area contributed by atoms with Gasteiger partial charge in [0.05, 0.1) is 27.2 Å². The van der Waals surface area contributed by atoms with Gasteiger partial charge in [-0.3, -0.25) is 4.79 Å². The Morgan fingerprint density at radius 1 is 1.00 bits per heavy atom. The first-order valence-corrected chi connectivity index (χ1v) is 7.65. The Labute approximate surface area is 145 Å². The van der Waals surface area contributed by atoms with Crippen molar-refractivity contribution in [2.24, 2.45) is 0 Å². The molecule has 2 rings (SSSR count). The highest BCUT2D eigenvalue weighted by Gasteiger charge is 2.23. The molecular formula is C18H19ClO5. The lowest BCUT2D eigenvalue weighted by Crippen LogP contribution is -2.15. The Hall–Kier alpha value is -2.40. The molecule has 128 valence electrons. The summed E-state index contributed by atoms with van der Waals surface area (Å²) in [6.45, 7) is 0. The molecule has 24 heavy (non-hydrogen) atoms. The maximum absolute atomic E-state index is 11.8. The summed E-state index contributed by atoms with van der Waals surface area (Å²) in [6, 6.07) is 10.2. The lowest BCUT2D eigenvalue weighted by atomic mass is 9.91. The van der Waals surface area contributed by atoms with Gasteiger partial charge in [-0.05, 0) is 47.9 Å². The van der Waals surface area contributed by atoms with Gasteiger partial charge in [-0.2, -0.15) is 0 Å². The summed E-state index contributed by atoms with van der Waals surface area (Å²) in [4.78, 5) is 11.8. The second-order valence-corrected chi connectivity index (χ2v) is 5.60. The summed E-state index contributed by atoms with van der Waals surface area (Å²) < 4.78 is 15.8. The molecule has 0 aliphatic rings. The van der Waals surface area contributed by atoms with E-state index in [1.165, 1.54) is 14.2 Å². The minimum Gasteiger partial charge on any atom is -0.496 e. The standard InChI is InChI=1S/C18H19ClO5/c1-22-15-7-5-13(19)8-12(15)9-14(18(20)21)11-4-6-16(23-2)17(10-11)24-3/h4-8,10,14H,9H2,1-3H3,(H,20,21). The molecule has 5 nitrogen and oxygen atoms in total. The molecule has 0 spiro atoms. The molecule has 0 saturated carbocycles. The quantitative estimate of drug-likeness (QED) is 0.823. The molecular weight excluding hydrogens is 332 g/mol. The predicted molar refractivity (Wildman–Crippen MR) is 91.6 cm³/mol. The molecule has 0 bridgehead atoms. The van der Waals surface area contributed by atoms with Gasteiger partial charge in [-0.25, -0.2) is 0 Å². The molecule has 6 heteroatoms. The van der Waals surface area contributed by atoms with Crippen LogP contribution in [0.5, 0.6) is 17.2 Å². The smallest absolute Gasteiger partial charge is 0.311 e. The summed E-state index contributed by atoms with van der Waals surface area (Å²) >= 11 is 6.03. The molecule has 2 aromatic carbocycles. The zero-order valence-corrected chi connectivity index (χ0v) is 14.5. The van der Waals surface area contributed by atoms with E-state index >= 15 is 0 Å². The van der Waals surface area contributed by atoms with Crippen LogP contribution in [0.25, 0.3) is 0 Å². The minimum atomic E-state index is -0.941. The zero-order valence-electron chi connectivity index (χ0n) is 13.7. The molecule has 1 unspecified atom stereocenters. The van der Waals surface area contributed by atoms with E-state index in [0.29, 0.717) is 27.8 Å². The van der Waals surface area contributed by atoms with Crippen LogP contribution in [0.3, 0.4) is 0 Å². The first-order valence-electron chi connectivity index (χ1n) is 7.27.